The second kappa shape index (κ2) is 7.85. The van der Waals surface area contributed by atoms with Gasteiger partial charge in [-0.05, 0) is 73.6 Å². The average Bonchev–Trinajstić information content (AvgIpc) is 3.03. The molecule has 152 valence electrons. The normalized spacial score (nSPS) is 14.9. The Bertz CT molecular complexity index is 1270. The van der Waals surface area contributed by atoms with Crippen LogP contribution in [0.5, 0.6) is 0 Å². The van der Waals surface area contributed by atoms with Crippen LogP contribution in [0.3, 0.4) is 0 Å². The second-order valence-electron chi connectivity index (χ2n) is 7.32. The topological polar surface area (TPSA) is 94.5 Å². The van der Waals surface area contributed by atoms with Gasteiger partial charge in [-0.3, -0.25) is 4.79 Å². The summed E-state index contributed by atoms with van der Waals surface area (Å²) in [5, 5.41) is 5.26. The minimum atomic E-state index is -3.79. The lowest BCUT2D eigenvalue weighted by Crippen LogP contribution is -2.17. The molecule has 2 N–H and O–H groups in total. The van der Waals surface area contributed by atoms with Crippen molar-refractivity contribution in [2.24, 2.45) is 10.1 Å². The Morgan fingerprint density at radius 1 is 1.14 bits per heavy atom. The summed E-state index contributed by atoms with van der Waals surface area (Å²) in [4.78, 5) is 17.9. The van der Waals surface area contributed by atoms with Crippen LogP contribution in [-0.2, 0) is 29.4 Å². The number of aryl methyl sites for hydroxylation is 3. The van der Waals surface area contributed by atoms with E-state index in [0.29, 0.717) is 16.9 Å². The number of thiazole rings is 1. The molecule has 6 nitrogen and oxygen atoms in total. The molecule has 0 saturated carbocycles. The highest BCUT2D eigenvalue weighted by atomic mass is 32.2. The third-order valence-corrected chi connectivity index (χ3v) is 7.17. The van der Waals surface area contributed by atoms with Gasteiger partial charge >= 0.3 is 0 Å². The molecular formula is C21H23N3O3S2. The maximum atomic E-state index is 12.9. The van der Waals surface area contributed by atoms with E-state index < -0.39 is 10.0 Å². The van der Waals surface area contributed by atoms with Gasteiger partial charge < -0.3 is 4.57 Å². The Morgan fingerprint density at radius 2 is 1.90 bits per heavy atom. The average molecular weight is 430 g/mol. The van der Waals surface area contributed by atoms with Gasteiger partial charge in [0.15, 0.2) is 4.80 Å². The quantitative estimate of drug-likeness (QED) is 0.689. The van der Waals surface area contributed by atoms with Crippen molar-refractivity contribution < 1.29 is 13.2 Å². The van der Waals surface area contributed by atoms with Gasteiger partial charge in [0.25, 0.3) is 5.91 Å². The predicted octanol–water partition coefficient (Wildman–Crippen LogP) is 3.38. The Labute approximate surface area is 173 Å². The number of rotatable bonds is 4. The first kappa shape index (κ1) is 20.0. The van der Waals surface area contributed by atoms with Crippen molar-refractivity contribution in [2.75, 3.05) is 0 Å². The number of sulfonamides is 1. The highest BCUT2D eigenvalue weighted by molar-refractivity contribution is 7.89. The van der Waals surface area contributed by atoms with Crippen LogP contribution in [0.2, 0.25) is 0 Å². The zero-order valence-corrected chi connectivity index (χ0v) is 17.9. The molecule has 1 aromatic heterocycles. The number of carbonyl (C=O) groups excluding carboxylic acids is 1. The van der Waals surface area contributed by atoms with Gasteiger partial charge in [-0.25, -0.2) is 13.6 Å². The molecule has 0 unspecified atom stereocenters. The fourth-order valence-electron chi connectivity index (χ4n) is 3.77. The molecule has 0 bridgehead atoms. The number of nitrogens with two attached hydrogens (primary N) is 1. The molecule has 1 amide bonds. The highest BCUT2D eigenvalue weighted by Crippen LogP contribution is 2.24. The fraction of sp³-hybridized carbons (Fsp3) is 0.333. The first-order chi connectivity index (χ1) is 13.9. The van der Waals surface area contributed by atoms with Gasteiger partial charge in [0.05, 0.1) is 15.1 Å². The number of hydrogen-bond donors (Lipinski definition) is 1. The molecule has 0 saturated heterocycles. The van der Waals surface area contributed by atoms with Crippen LogP contribution in [0.15, 0.2) is 46.3 Å². The van der Waals surface area contributed by atoms with E-state index in [9.17, 15) is 13.2 Å². The van der Waals surface area contributed by atoms with Gasteiger partial charge in [-0.2, -0.15) is 4.99 Å². The second-order valence-corrected chi connectivity index (χ2v) is 9.89. The fourth-order valence-corrected chi connectivity index (χ4v) is 5.48. The number of benzene rings is 2. The van der Waals surface area contributed by atoms with Crippen molar-refractivity contribution in [2.45, 2.75) is 50.5 Å². The Hall–Kier alpha value is -2.29. The Morgan fingerprint density at radius 3 is 2.62 bits per heavy atom. The van der Waals surface area contributed by atoms with Crippen LogP contribution in [0.1, 0.15) is 47.7 Å². The number of aromatic nitrogens is 1. The standard InChI is InChI=1S/C21H23N3O3S2/c1-2-11-24-18-10-9-17(29(22,26)27)13-19(18)28-21(24)23-20(25)16-8-7-14-5-3-4-6-15(14)12-16/h7-10,12-13H,2-6,11H2,1H3,(H2,22,26,27). The molecule has 0 atom stereocenters. The van der Waals surface area contributed by atoms with Gasteiger partial charge in [-0.15, -0.1) is 0 Å². The monoisotopic (exact) mass is 429 g/mol. The van der Waals surface area contributed by atoms with Crippen molar-refractivity contribution >= 4 is 37.5 Å². The predicted molar refractivity (Wildman–Crippen MR) is 114 cm³/mol. The zero-order valence-electron chi connectivity index (χ0n) is 16.2. The molecule has 0 aliphatic heterocycles. The summed E-state index contributed by atoms with van der Waals surface area (Å²) in [5.74, 6) is -0.276. The molecule has 1 aliphatic carbocycles. The van der Waals surface area contributed by atoms with Crippen molar-refractivity contribution in [1.82, 2.24) is 4.57 Å². The lowest BCUT2D eigenvalue weighted by atomic mass is 9.90. The van der Waals surface area contributed by atoms with Gasteiger partial charge in [-0.1, -0.05) is 24.3 Å². The van der Waals surface area contributed by atoms with Crippen molar-refractivity contribution in [3.05, 3.63) is 57.9 Å². The lowest BCUT2D eigenvalue weighted by Gasteiger charge is -2.15. The molecule has 4 rings (SSSR count). The minimum Gasteiger partial charge on any atom is -0.316 e. The molecule has 2 aromatic carbocycles. The molecular weight excluding hydrogens is 406 g/mol. The van der Waals surface area contributed by atoms with Crippen LogP contribution < -0.4 is 9.94 Å². The maximum absolute atomic E-state index is 12.9. The smallest absolute Gasteiger partial charge is 0.279 e. The van der Waals surface area contributed by atoms with Crippen LogP contribution in [0.4, 0.5) is 0 Å². The number of hydrogen-bond acceptors (Lipinski definition) is 4. The third kappa shape index (κ3) is 4.05. The van der Waals surface area contributed by atoms with Crippen molar-refractivity contribution in [3.63, 3.8) is 0 Å². The Balaban J connectivity index is 1.80. The molecule has 1 aliphatic rings. The van der Waals surface area contributed by atoms with E-state index in [4.69, 9.17) is 5.14 Å². The zero-order chi connectivity index (χ0) is 20.6. The van der Waals surface area contributed by atoms with E-state index in [1.165, 1.54) is 35.0 Å². The van der Waals surface area contributed by atoms with E-state index >= 15 is 0 Å². The number of carbonyl (C=O) groups is 1. The summed E-state index contributed by atoms with van der Waals surface area (Å²) in [5.41, 5.74) is 4.01. The summed E-state index contributed by atoms with van der Waals surface area (Å²) < 4.78 is 26.0. The summed E-state index contributed by atoms with van der Waals surface area (Å²) in [6.07, 6.45) is 5.29. The number of amides is 1. The van der Waals surface area contributed by atoms with Crippen molar-refractivity contribution in [3.8, 4) is 0 Å². The van der Waals surface area contributed by atoms with Gasteiger partial charge in [0.2, 0.25) is 10.0 Å². The lowest BCUT2D eigenvalue weighted by molar-refractivity contribution is 0.0997. The largest absolute Gasteiger partial charge is 0.316 e. The molecule has 8 heteroatoms. The summed E-state index contributed by atoms with van der Waals surface area (Å²) >= 11 is 1.30. The van der Waals surface area contributed by atoms with Gasteiger partial charge in [0.1, 0.15) is 0 Å². The highest BCUT2D eigenvalue weighted by Gasteiger charge is 2.15. The first-order valence-electron chi connectivity index (χ1n) is 9.74. The Kier molecular flexibility index (Phi) is 5.42. The third-order valence-electron chi connectivity index (χ3n) is 5.22. The number of fused-ring (bicyclic) bond motifs is 2. The maximum Gasteiger partial charge on any atom is 0.279 e. The SMILES string of the molecule is CCCn1c(=NC(=O)c2ccc3c(c2)CCCC3)sc2cc(S(N)(=O)=O)ccc21. The molecule has 0 radical (unpaired) electrons. The number of primary sulfonamides is 1. The van der Waals surface area contributed by atoms with E-state index in [0.717, 1.165) is 35.9 Å². The van der Waals surface area contributed by atoms with E-state index in [2.05, 4.69) is 4.99 Å². The molecule has 29 heavy (non-hydrogen) atoms. The number of nitrogens with zero attached hydrogens (tertiary/aromatic N) is 2. The molecule has 3 aromatic rings. The summed E-state index contributed by atoms with van der Waals surface area (Å²) in [6.45, 7) is 2.73. The van der Waals surface area contributed by atoms with E-state index in [1.54, 1.807) is 12.1 Å². The van der Waals surface area contributed by atoms with Crippen LogP contribution in [0, 0.1) is 0 Å². The van der Waals surface area contributed by atoms with E-state index in [1.807, 2.05) is 29.7 Å². The summed E-state index contributed by atoms with van der Waals surface area (Å²) in [6, 6.07) is 10.6. The summed E-state index contributed by atoms with van der Waals surface area (Å²) in [7, 11) is -3.79. The first-order valence-corrected chi connectivity index (χ1v) is 12.1. The van der Waals surface area contributed by atoms with Crippen molar-refractivity contribution in [1.29, 1.82) is 0 Å². The molecule has 0 spiro atoms. The van der Waals surface area contributed by atoms with Crippen LogP contribution in [0.25, 0.3) is 10.2 Å². The van der Waals surface area contributed by atoms with Crippen LogP contribution >= 0.6 is 11.3 Å². The van der Waals surface area contributed by atoms with Gasteiger partial charge in [0, 0.05) is 12.1 Å². The van der Waals surface area contributed by atoms with E-state index in [-0.39, 0.29) is 10.8 Å². The molecule has 0 fully saturated rings. The molecule has 1 heterocycles. The minimum absolute atomic E-state index is 0.0578. The van der Waals surface area contributed by atoms with Crippen LogP contribution in [-0.4, -0.2) is 18.9 Å².